The van der Waals surface area contributed by atoms with Crippen LogP contribution in [0.4, 0.5) is 0 Å². The molecule has 0 aliphatic rings. The number of sulfonamides is 1. The highest BCUT2D eigenvalue weighted by molar-refractivity contribution is 7.89. The number of carbonyl (C=O) groups is 1. The van der Waals surface area contributed by atoms with Crippen LogP contribution in [0.1, 0.15) is 38.7 Å². The molecular weight excluding hydrogens is 412 g/mol. The zero-order chi connectivity index (χ0) is 22.6. The molecule has 0 saturated carbocycles. The van der Waals surface area contributed by atoms with E-state index < -0.39 is 10.0 Å². The highest BCUT2D eigenvalue weighted by atomic mass is 32.2. The Morgan fingerprint density at radius 2 is 1.61 bits per heavy atom. The van der Waals surface area contributed by atoms with Crippen LogP contribution >= 0.6 is 0 Å². The molecule has 1 atom stereocenters. The Kier molecular flexibility index (Phi) is 6.77. The molecule has 162 valence electrons. The van der Waals surface area contributed by atoms with Crippen LogP contribution in [-0.2, 0) is 10.0 Å². The van der Waals surface area contributed by atoms with E-state index in [2.05, 4.69) is 16.1 Å². The number of aryl methyl sites for hydroxylation is 2. The lowest BCUT2D eigenvalue weighted by Crippen LogP contribution is -2.30. The summed E-state index contributed by atoms with van der Waals surface area (Å²) >= 11 is 0. The van der Waals surface area contributed by atoms with Crippen LogP contribution in [0.25, 0.3) is 0 Å². The molecule has 0 radical (unpaired) electrons. The summed E-state index contributed by atoms with van der Waals surface area (Å²) in [6.45, 7) is 4.07. The number of ether oxygens (including phenoxy) is 1. The predicted octanol–water partition coefficient (Wildman–Crippen LogP) is 3.74. The first kappa shape index (κ1) is 22.5. The molecule has 0 aromatic heterocycles. The third-order valence-corrected chi connectivity index (χ3v) is 6.69. The molecule has 0 fully saturated rings. The van der Waals surface area contributed by atoms with E-state index in [1.165, 1.54) is 31.9 Å². The van der Waals surface area contributed by atoms with Gasteiger partial charge >= 0.3 is 0 Å². The van der Waals surface area contributed by atoms with Gasteiger partial charge in [0, 0.05) is 5.56 Å². The summed E-state index contributed by atoms with van der Waals surface area (Å²) in [5, 5.41) is 3.05. The molecule has 0 aliphatic heterocycles. The van der Waals surface area contributed by atoms with E-state index in [1.54, 1.807) is 6.07 Å². The maximum Gasteiger partial charge on any atom is 0.252 e. The topological polar surface area (TPSA) is 84.5 Å². The first-order chi connectivity index (χ1) is 14.8. The predicted molar refractivity (Wildman–Crippen MR) is 121 cm³/mol. The van der Waals surface area contributed by atoms with Crippen LogP contribution in [-0.4, -0.2) is 28.5 Å². The van der Waals surface area contributed by atoms with Crippen LogP contribution < -0.4 is 14.8 Å². The first-order valence-electron chi connectivity index (χ1n) is 9.81. The molecule has 0 heterocycles. The number of carbonyl (C=O) groups excluding carboxylic acids is 1. The van der Waals surface area contributed by atoms with Crippen LogP contribution in [0.15, 0.2) is 71.6 Å². The third kappa shape index (κ3) is 4.95. The monoisotopic (exact) mass is 438 g/mol. The summed E-state index contributed by atoms with van der Waals surface area (Å²) in [6.07, 6.45) is 0. The van der Waals surface area contributed by atoms with Gasteiger partial charge in [-0.2, -0.15) is 0 Å². The standard InChI is InChI=1S/C24H26N2O4S/c1-16-10-11-19(14-17(16)2)23(18-8-6-5-7-9-18)26-24(27)20-12-13-21(30-4)22(15-20)31(28,29)25-3/h5-15,23,25H,1-4H3,(H,26,27)/t23-/m0/s1. The average molecular weight is 439 g/mol. The molecule has 3 rings (SSSR count). The number of benzene rings is 3. The molecule has 0 unspecified atom stereocenters. The van der Waals surface area contributed by atoms with Crippen molar-refractivity contribution in [1.82, 2.24) is 10.0 Å². The highest BCUT2D eigenvalue weighted by Gasteiger charge is 2.22. The third-order valence-electron chi connectivity index (χ3n) is 5.26. The van der Waals surface area contributed by atoms with E-state index in [1.807, 2.05) is 56.3 Å². The van der Waals surface area contributed by atoms with Crippen molar-refractivity contribution < 1.29 is 17.9 Å². The van der Waals surface area contributed by atoms with E-state index in [0.29, 0.717) is 0 Å². The van der Waals surface area contributed by atoms with Crippen molar-refractivity contribution in [2.45, 2.75) is 24.8 Å². The molecule has 3 aromatic rings. The summed E-state index contributed by atoms with van der Waals surface area (Å²) < 4.78 is 32.2. The second-order valence-corrected chi connectivity index (χ2v) is 9.09. The van der Waals surface area contributed by atoms with Crippen molar-refractivity contribution >= 4 is 15.9 Å². The molecular formula is C24H26N2O4S. The minimum absolute atomic E-state index is 0.0902. The number of amides is 1. The van der Waals surface area contributed by atoms with Crippen LogP contribution in [0.2, 0.25) is 0 Å². The molecule has 0 spiro atoms. The Hall–Kier alpha value is -3.16. The number of methoxy groups -OCH3 is 1. The zero-order valence-corrected chi connectivity index (χ0v) is 18.8. The normalized spacial score (nSPS) is 12.3. The fraction of sp³-hybridized carbons (Fsp3) is 0.208. The average Bonchev–Trinajstić information content (AvgIpc) is 2.79. The molecule has 1 amide bonds. The van der Waals surface area contributed by atoms with E-state index in [-0.39, 0.29) is 28.2 Å². The Labute approximate surface area is 183 Å². The van der Waals surface area contributed by atoms with Gasteiger partial charge in [0.05, 0.1) is 13.2 Å². The van der Waals surface area contributed by atoms with Gasteiger partial charge in [-0.1, -0.05) is 48.5 Å². The molecule has 2 N–H and O–H groups in total. The molecule has 7 heteroatoms. The molecule has 31 heavy (non-hydrogen) atoms. The maximum atomic E-state index is 13.2. The lowest BCUT2D eigenvalue weighted by molar-refractivity contribution is 0.0942. The quantitative estimate of drug-likeness (QED) is 0.589. The second-order valence-electron chi connectivity index (χ2n) is 7.23. The Morgan fingerprint density at radius 1 is 0.903 bits per heavy atom. The van der Waals surface area contributed by atoms with Gasteiger partial charge in [0.1, 0.15) is 10.6 Å². The van der Waals surface area contributed by atoms with Gasteiger partial charge in [0.15, 0.2) is 0 Å². The minimum Gasteiger partial charge on any atom is -0.495 e. The number of hydrogen-bond donors (Lipinski definition) is 2. The summed E-state index contributed by atoms with van der Waals surface area (Å²) in [6, 6.07) is 19.7. The van der Waals surface area contributed by atoms with Gasteiger partial charge in [0.2, 0.25) is 10.0 Å². The van der Waals surface area contributed by atoms with Crippen molar-refractivity contribution in [3.63, 3.8) is 0 Å². The zero-order valence-electron chi connectivity index (χ0n) is 18.0. The van der Waals surface area contributed by atoms with Crippen LogP contribution in [0, 0.1) is 13.8 Å². The van der Waals surface area contributed by atoms with Crippen molar-refractivity contribution in [1.29, 1.82) is 0 Å². The Balaban J connectivity index is 2.01. The largest absolute Gasteiger partial charge is 0.495 e. The first-order valence-corrected chi connectivity index (χ1v) is 11.3. The Morgan fingerprint density at radius 3 is 2.23 bits per heavy atom. The van der Waals surface area contributed by atoms with E-state index >= 15 is 0 Å². The van der Waals surface area contributed by atoms with Gasteiger partial charge in [-0.15, -0.1) is 0 Å². The molecule has 0 aliphatic carbocycles. The lowest BCUT2D eigenvalue weighted by atomic mass is 9.95. The SMILES string of the molecule is CNS(=O)(=O)c1cc(C(=O)N[C@@H](c2ccccc2)c2ccc(C)c(C)c2)ccc1OC. The molecule has 6 nitrogen and oxygen atoms in total. The second kappa shape index (κ2) is 9.32. The van der Waals surface area contributed by atoms with E-state index in [0.717, 1.165) is 16.7 Å². The van der Waals surface area contributed by atoms with E-state index in [4.69, 9.17) is 4.74 Å². The summed E-state index contributed by atoms with van der Waals surface area (Å²) in [4.78, 5) is 13.1. The minimum atomic E-state index is -3.80. The summed E-state index contributed by atoms with van der Waals surface area (Å²) in [5.74, 6) is -0.220. The fourth-order valence-corrected chi connectivity index (χ4v) is 4.22. The highest BCUT2D eigenvalue weighted by Crippen LogP contribution is 2.27. The smallest absolute Gasteiger partial charge is 0.252 e. The van der Waals surface area contributed by atoms with Crippen molar-refractivity contribution in [3.05, 3.63) is 94.5 Å². The number of hydrogen-bond acceptors (Lipinski definition) is 4. The summed E-state index contributed by atoms with van der Waals surface area (Å²) in [5.41, 5.74) is 4.38. The summed E-state index contributed by atoms with van der Waals surface area (Å²) in [7, 11) is -1.10. The van der Waals surface area contributed by atoms with Crippen LogP contribution in [0.5, 0.6) is 5.75 Å². The van der Waals surface area contributed by atoms with Gasteiger partial charge in [0.25, 0.3) is 5.91 Å². The Bertz CT molecular complexity index is 1190. The van der Waals surface area contributed by atoms with Crippen LogP contribution in [0.3, 0.4) is 0 Å². The van der Waals surface area contributed by atoms with Crippen molar-refractivity contribution in [2.24, 2.45) is 0 Å². The van der Waals surface area contributed by atoms with Gasteiger partial charge in [-0.25, -0.2) is 13.1 Å². The van der Waals surface area contributed by atoms with Gasteiger partial charge < -0.3 is 10.1 Å². The van der Waals surface area contributed by atoms with Gasteiger partial charge in [-0.05, 0) is 61.3 Å². The lowest BCUT2D eigenvalue weighted by Gasteiger charge is -2.21. The number of rotatable bonds is 7. The van der Waals surface area contributed by atoms with Crippen molar-refractivity contribution in [3.8, 4) is 5.75 Å². The van der Waals surface area contributed by atoms with E-state index in [9.17, 15) is 13.2 Å². The number of nitrogens with one attached hydrogen (secondary N) is 2. The maximum absolute atomic E-state index is 13.2. The van der Waals surface area contributed by atoms with Crippen molar-refractivity contribution in [2.75, 3.05) is 14.2 Å². The molecule has 0 saturated heterocycles. The molecule has 3 aromatic carbocycles. The van der Waals surface area contributed by atoms with Gasteiger partial charge in [-0.3, -0.25) is 4.79 Å². The fourth-order valence-electron chi connectivity index (χ4n) is 3.30. The molecule has 0 bridgehead atoms.